The second-order valence-corrected chi connectivity index (χ2v) is 4.71. The van der Waals surface area contributed by atoms with E-state index in [1.165, 1.54) is 5.56 Å². The molecule has 0 fully saturated rings. The van der Waals surface area contributed by atoms with Gasteiger partial charge in [0.25, 0.3) is 0 Å². The summed E-state index contributed by atoms with van der Waals surface area (Å²) in [5.74, 6) is 2.21. The number of aromatic nitrogens is 2. The minimum absolute atomic E-state index is 0.543. The summed E-state index contributed by atoms with van der Waals surface area (Å²) in [6.07, 6.45) is 2.44. The molecule has 0 atom stereocenters. The van der Waals surface area contributed by atoms with Crippen molar-refractivity contribution >= 4 is 0 Å². The Morgan fingerprint density at radius 1 is 1.20 bits per heavy atom. The zero-order chi connectivity index (χ0) is 14.2. The smallest absolute Gasteiger partial charge is 0.219 e. The largest absolute Gasteiger partial charge is 0.493 e. The first-order valence-electron chi connectivity index (χ1n) is 6.93. The van der Waals surface area contributed by atoms with E-state index in [0.29, 0.717) is 24.8 Å². The number of ether oxygens (including phenoxy) is 1. The summed E-state index contributed by atoms with van der Waals surface area (Å²) in [7, 11) is 1.93. The third kappa shape index (κ3) is 4.66. The summed E-state index contributed by atoms with van der Waals surface area (Å²) < 4.78 is 11.2. The van der Waals surface area contributed by atoms with E-state index in [9.17, 15) is 0 Å². The maximum Gasteiger partial charge on any atom is 0.219 e. The van der Waals surface area contributed by atoms with Crippen LogP contribution in [0, 0.1) is 6.92 Å². The van der Waals surface area contributed by atoms with Crippen LogP contribution in [0.5, 0.6) is 5.75 Å². The van der Waals surface area contributed by atoms with E-state index < -0.39 is 0 Å². The molecule has 20 heavy (non-hydrogen) atoms. The molecule has 0 radical (unpaired) electrons. The van der Waals surface area contributed by atoms with Crippen LogP contribution in [-0.2, 0) is 12.8 Å². The van der Waals surface area contributed by atoms with Crippen molar-refractivity contribution in [2.75, 3.05) is 20.2 Å². The van der Waals surface area contributed by atoms with Gasteiger partial charge in [-0.25, -0.2) is 0 Å². The Balaban J connectivity index is 1.74. The van der Waals surface area contributed by atoms with Crippen LogP contribution >= 0.6 is 0 Å². The van der Waals surface area contributed by atoms with Gasteiger partial charge in [0.15, 0.2) is 0 Å². The quantitative estimate of drug-likeness (QED) is 0.748. The Labute approximate surface area is 119 Å². The number of hydrogen-bond donors (Lipinski definition) is 1. The summed E-state index contributed by atoms with van der Waals surface area (Å²) in [4.78, 5) is 0. The fourth-order valence-corrected chi connectivity index (χ4v) is 1.87. The monoisotopic (exact) mass is 275 g/mol. The molecular weight excluding hydrogens is 254 g/mol. The van der Waals surface area contributed by atoms with Crippen LogP contribution in [-0.4, -0.2) is 30.4 Å². The highest BCUT2D eigenvalue weighted by atomic mass is 16.5. The first-order valence-corrected chi connectivity index (χ1v) is 6.93. The van der Waals surface area contributed by atoms with Crippen molar-refractivity contribution in [3.63, 3.8) is 0 Å². The molecule has 0 aliphatic heterocycles. The maximum atomic E-state index is 5.66. The Morgan fingerprint density at radius 2 is 2.00 bits per heavy atom. The van der Waals surface area contributed by atoms with E-state index in [4.69, 9.17) is 9.15 Å². The summed E-state index contributed by atoms with van der Waals surface area (Å²) in [6, 6.07) is 7.99. The van der Waals surface area contributed by atoms with Crippen LogP contribution in [0.25, 0.3) is 0 Å². The summed E-state index contributed by atoms with van der Waals surface area (Å²) in [6.45, 7) is 3.54. The minimum Gasteiger partial charge on any atom is -0.493 e. The van der Waals surface area contributed by atoms with E-state index in [2.05, 4.69) is 15.5 Å². The highest BCUT2D eigenvalue weighted by Gasteiger charge is 2.06. The second-order valence-electron chi connectivity index (χ2n) is 4.71. The fourth-order valence-electron chi connectivity index (χ4n) is 1.87. The van der Waals surface area contributed by atoms with Gasteiger partial charge in [-0.15, -0.1) is 10.2 Å². The van der Waals surface area contributed by atoms with E-state index in [0.717, 1.165) is 25.1 Å². The molecule has 1 aromatic carbocycles. The van der Waals surface area contributed by atoms with Crippen LogP contribution < -0.4 is 10.1 Å². The van der Waals surface area contributed by atoms with Crippen molar-refractivity contribution < 1.29 is 9.15 Å². The number of hydrogen-bond acceptors (Lipinski definition) is 5. The lowest BCUT2D eigenvalue weighted by Crippen LogP contribution is -2.08. The average Bonchev–Trinajstić information content (AvgIpc) is 2.87. The van der Waals surface area contributed by atoms with E-state index in [1.807, 2.05) is 38.2 Å². The highest BCUT2D eigenvalue weighted by molar-refractivity contribution is 5.27. The van der Waals surface area contributed by atoms with Gasteiger partial charge in [-0.05, 0) is 44.6 Å². The molecule has 0 bridgehead atoms. The number of nitrogens with one attached hydrogen (secondary N) is 1. The van der Waals surface area contributed by atoms with Gasteiger partial charge in [0.05, 0.1) is 13.0 Å². The Kier molecular flexibility index (Phi) is 5.55. The van der Waals surface area contributed by atoms with Crippen LogP contribution in [0.15, 0.2) is 28.7 Å². The van der Waals surface area contributed by atoms with Gasteiger partial charge in [-0.1, -0.05) is 12.1 Å². The van der Waals surface area contributed by atoms with Gasteiger partial charge < -0.3 is 14.5 Å². The number of aryl methyl sites for hydroxylation is 2. The first kappa shape index (κ1) is 14.5. The van der Waals surface area contributed by atoms with Gasteiger partial charge in [-0.3, -0.25) is 0 Å². The number of rotatable bonds is 8. The Bertz CT molecular complexity index is 525. The zero-order valence-electron chi connectivity index (χ0n) is 12.1. The van der Waals surface area contributed by atoms with Crippen molar-refractivity contribution in [3.05, 3.63) is 41.6 Å². The van der Waals surface area contributed by atoms with Crippen LogP contribution in [0.3, 0.4) is 0 Å². The molecule has 2 rings (SSSR count). The van der Waals surface area contributed by atoms with Crippen molar-refractivity contribution in [2.45, 2.75) is 26.2 Å². The number of nitrogens with zero attached hydrogens (tertiary/aromatic N) is 2. The normalized spacial score (nSPS) is 10.7. The molecule has 5 nitrogen and oxygen atoms in total. The Hall–Kier alpha value is -1.88. The van der Waals surface area contributed by atoms with Crippen LogP contribution in [0.2, 0.25) is 0 Å². The topological polar surface area (TPSA) is 60.2 Å². The molecule has 2 aromatic rings. The summed E-state index contributed by atoms with van der Waals surface area (Å²) in [5, 5.41) is 11.1. The standard InChI is InChI=1S/C15H21N3O2/c1-12-5-3-6-13(11-12)19-10-8-15-18-17-14(20-15)7-4-9-16-2/h3,5-6,11,16H,4,7-10H2,1-2H3. The van der Waals surface area contributed by atoms with Gasteiger partial charge >= 0.3 is 0 Å². The van der Waals surface area contributed by atoms with E-state index in [-0.39, 0.29) is 0 Å². The van der Waals surface area contributed by atoms with Crippen molar-refractivity contribution in [2.24, 2.45) is 0 Å². The van der Waals surface area contributed by atoms with Crippen molar-refractivity contribution in [1.82, 2.24) is 15.5 Å². The molecule has 0 amide bonds. The minimum atomic E-state index is 0.543. The van der Waals surface area contributed by atoms with E-state index in [1.54, 1.807) is 0 Å². The average molecular weight is 275 g/mol. The molecule has 1 N–H and O–H groups in total. The fraction of sp³-hybridized carbons (Fsp3) is 0.467. The highest BCUT2D eigenvalue weighted by Crippen LogP contribution is 2.12. The van der Waals surface area contributed by atoms with Crippen molar-refractivity contribution in [1.29, 1.82) is 0 Å². The first-order chi connectivity index (χ1) is 9.78. The molecule has 0 aliphatic carbocycles. The Morgan fingerprint density at radius 3 is 2.75 bits per heavy atom. The van der Waals surface area contributed by atoms with E-state index >= 15 is 0 Å². The van der Waals surface area contributed by atoms with Gasteiger partial charge in [0, 0.05) is 6.42 Å². The molecular formula is C15H21N3O2. The predicted octanol–water partition coefficient (Wildman–Crippen LogP) is 2.15. The molecule has 5 heteroatoms. The number of benzene rings is 1. The van der Waals surface area contributed by atoms with Crippen molar-refractivity contribution in [3.8, 4) is 5.75 Å². The molecule has 0 saturated heterocycles. The predicted molar refractivity (Wildman–Crippen MR) is 76.9 cm³/mol. The molecule has 108 valence electrons. The molecule has 0 spiro atoms. The lowest BCUT2D eigenvalue weighted by molar-refractivity contribution is 0.303. The lowest BCUT2D eigenvalue weighted by atomic mass is 10.2. The SMILES string of the molecule is CNCCCc1nnc(CCOc2cccc(C)c2)o1. The second kappa shape index (κ2) is 7.65. The summed E-state index contributed by atoms with van der Waals surface area (Å²) >= 11 is 0. The molecule has 0 saturated carbocycles. The van der Waals surface area contributed by atoms with Gasteiger partial charge in [-0.2, -0.15) is 0 Å². The van der Waals surface area contributed by atoms with Crippen LogP contribution in [0.4, 0.5) is 0 Å². The molecule has 1 aromatic heterocycles. The molecule has 0 unspecified atom stereocenters. The van der Waals surface area contributed by atoms with Crippen LogP contribution in [0.1, 0.15) is 23.8 Å². The van der Waals surface area contributed by atoms with Gasteiger partial charge in [0.1, 0.15) is 5.75 Å². The zero-order valence-corrected chi connectivity index (χ0v) is 12.1. The third-order valence-electron chi connectivity index (χ3n) is 2.90. The maximum absolute atomic E-state index is 5.66. The lowest BCUT2D eigenvalue weighted by Gasteiger charge is -2.04. The molecule has 1 heterocycles. The summed E-state index contributed by atoms with van der Waals surface area (Å²) in [5.41, 5.74) is 1.19. The third-order valence-corrected chi connectivity index (χ3v) is 2.90. The van der Waals surface area contributed by atoms with Gasteiger partial charge in [0.2, 0.25) is 11.8 Å². The molecule has 0 aliphatic rings.